The molecule has 2 fully saturated rings. The zero-order valence-corrected chi connectivity index (χ0v) is 15.9. The van der Waals surface area contributed by atoms with Gasteiger partial charge in [0.2, 0.25) is 0 Å². The zero-order valence-electron chi connectivity index (χ0n) is 12.1. The van der Waals surface area contributed by atoms with Crippen LogP contribution in [0.5, 0.6) is 0 Å². The average Bonchev–Trinajstić information content (AvgIpc) is 2.41. The summed E-state index contributed by atoms with van der Waals surface area (Å²) in [4.78, 5) is 10.0. The molecule has 22 heavy (non-hydrogen) atoms. The Morgan fingerprint density at radius 2 is 1.45 bits per heavy atom. The molecule has 0 heterocycles. The first kappa shape index (κ1) is 27.4. The minimum absolute atomic E-state index is 0. The van der Waals surface area contributed by atoms with Crippen LogP contribution in [-0.4, -0.2) is 35.4 Å². The number of rotatable bonds is 4. The third-order valence-electron chi connectivity index (χ3n) is 3.33. The van der Waals surface area contributed by atoms with E-state index in [0.717, 1.165) is 32.0 Å². The maximum Gasteiger partial charge on any atom is 0.123 e. The number of terminal acetylenes is 1. The Morgan fingerprint density at radius 3 is 1.73 bits per heavy atom. The molecule has 0 bridgehead atoms. The van der Waals surface area contributed by atoms with Gasteiger partial charge in [0, 0.05) is 24.6 Å². The molecule has 2 atom stereocenters. The lowest BCUT2D eigenvalue weighted by Gasteiger charge is -2.33. The van der Waals surface area contributed by atoms with Gasteiger partial charge in [0.25, 0.3) is 0 Å². The zero-order chi connectivity index (χ0) is 16.7. The molecule has 3 N–H and O–H groups in total. The lowest BCUT2D eigenvalue weighted by molar-refractivity contribution is -0.113. The van der Waals surface area contributed by atoms with Gasteiger partial charge in [0.1, 0.15) is 6.29 Å². The van der Waals surface area contributed by atoms with E-state index < -0.39 is 0 Å². The van der Waals surface area contributed by atoms with E-state index in [1.807, 2.05) is 0 Å². The molecule has 132 valence electrons. The van der Waals surface area contributed by atoms with Gasteiger partial charge in [-0.05, 0) is 31.6 Å². The molecule has 2 aliphatic carbocycles. The molecule has 8 heteroatoms. The highest BCUT2D eigenvalue weighted by atomic mass is 35.5. The van der Waals surface area contributed by atoms with Gasteiger partial charge in [-0.3, -0.25) is 10.2 Å². The minimum atomic E-state index is 0. The Kier molecular flexibility index (Phi) is 24.4. The summed E-state index contributed by atoms with van der Waals surface area (Å²) in [6.07, 6.45) is 13.4. The number of hydrogen-bond acceptors (Lipinski definition) is 4. The van der Waals surface area contributed by atoms with E-state index in [0.29, 0.717) is 30.5 Å². The van der Waals surface area contributed by atoms with Gasteiger partial charge < -0.3 is 9.90 Å². The maximum atomic E-state index is 10.0. The first-order valence-corrected chi connectivity index (χ1v) is 8.81. The van der Waals surface area contributed by atoms with Crippen LogP contribution in [0.1, 0.15) is 33.1 Å². The Labute approximate surface area is 150 Å². The third kappa shape index (κ3) is 13.0. The fourth-order valence-electron chi connectivity index (χ4n) is 1.93. The summed E-state index contributed by atoms with van der Waals surface area (Å²) in [5, 5.41) is 14.9. The van der Waals surface area contributed by atoms with E-state index in [2.05, 4.69) is 41.8 Å². The largest absolute Gasteiger partial charge is 0.396 e. The number of aldehydes is 1. The lowest BCUT2D eigenvalue weighted by atomic mass is 9.82. The normalized spacial score (nSPS) is 27.4. The van der Waals surface area contributed by atoms with Crippen LogP contribution >= 0.6 is 42.0 Å². The topological polar surface area (TPSA) is 61.4 Å². The molecular formula is C14H30Cl2N2O2P2. The van der Waals surface area contributed by atoms with Crippen LogP contribution < -0.4 is 10.2 Å². The average molecular weight is 391 g/mol. The molecule has 2 unspecified atom stereocenters. The molecule has 0 aromatic rings. The summed E-state index contributed by atoms with van der Waals surface area (Å²) in [6, 6.07) is 1.23. The van der Waals surface area contributed by atoms with Crippen LogP contribution in [-0.2, 0) is 4.79 Å². The van der Waals surface area contributed by atoms with Crippen molar-refractivity contribution in [3.8, 4) is 12.8 Å². The predicted octanol–water partition coefficient (Wildman–Crippen LogP) is 2.79. The molecule has 0 radical (unpaired) electrons. The van der Waals surface area contributed by atoms with Gasteiger partial charge >= 0.3 is 0 Å². The van der Waals surface area contributed by atoms with Gasteiger partial charge in [0.05, 0.1) is 5.34 Å². The van der Waals surface area contributed by atoms with Gasteiger partial charge in [-0.2, -0.15) is 0 Å². The Morgan fingerprint density at radius 1 is 1.09 bits per heavy atom. The molecule has 0 aromatic carbocycles. The molecule has 0 amide bonds. The van der Waals surface area contributed by atoms with Gasteiger partial charge in [-0.25, -0.2) is 0 Å². The van der Waals surface area contributed by atoms with E-state index in [1.54, 1.807) is 0 Å². The molecule has 0 spiro atoms. The first-order valence-electron chi connectivity index (χ1n) is 6.58. The van der Waals surface area contributed by atoms with Crippen molar-refractivity contribution < 1.29 is 9.90 Å². The van der Waals surface area contributed by atoms with Crippen molar-refractivity contribution in [2.24, 2.45) is 11.8 Å². The summed E-state index contributed by atoms with van der Waals surface area (Å²) in [5.41, 5.74) is 0. The molecule has 2 rings (SSSR count). The molecule has 0 aromatic heterocycles. The summed E-state index contributed by atoms with van der Waals surface area (Å²) in [5.74, 6) is 0.918. The van der Waals surface area contributed by atoms with Crippen molar-refractivity contribution in [2.45, 2.75) is 45.2 Å². The highest BCUT2D eigenvalue weighted by molar-refractivity contribution is 7.13. The lowest BCUT2D eigenvalue weighted by Crippen LogP contribution is -2.37. The van der Waals surface area contributed by atoms with E-state index in [-0.39, 0.29) is 12.8 Å². The van der Waals surface area contributed by atoms with Crippen LogP contribution in [0.15, 0.2) is 0 Å². The predicted molar refractivity (Wildman–Crippen MR) is 105 cm³/mol. The quantitative estimate of drug-likeness (QED) is 0.299. The van der Waals surface area contributed by atoms with E-state index >= 15 is 0 Å². The van der Waals surface area contributed by atoms with Gasteiger partial charge in [0.15, 0.2) is 0 Å². The van der Waals surface area contributed by atoms with Crippen LogP contribution in [0.4, 0.5) is 0 Å². The first-order chi connectivity index (χ1) is 10.1. The summed E-state index contributed by atoms with van der Waals surface area (Å²) in [7, 11) is 4.96. The van der Waals surface area contributed by atoms with E-state index in [4.69, 9.17) is 28.3 Å². The van der Waals surface area contributed by atoms with Crippen molar-refractivity contribution >= 4 is 48.3 Å². The van der Waals surface area contributed by atoms with Crippen molar-refractivity contribution in [3.05, 3.63) is 0 Å². The molecule has 0 saturated heterocycles. The highest BCUT2D eigenvalue weighted by Gasteiger charge is 2.27. The second-order valence-electron chi connectivity index (χ2n) is 4.72. The minimum Gasteiger partial charge on any atom is -0.396 e. The standard InChI is InChI=1S/C5H12NOP.C5H10NOP.C2H2.CH2Cl2.CH4/c2*7-3-4-1-5(2-4)6-8;1-2;2-1-3;/h4-7H,1-3,8H2;3-6H,1-2,8H2;1-2H;1H2;1H4. The summed E-state index contributed by atoms with van der Waals surface area (Å²) < 4.78 is 0. The van der Waals surface area contributed by atoms with Crippen molar-refractivity contribution in [1.29, 1.82) is 0 Å². The summed E-state index contributed by atoms with van der Waals surface area (Å²) in [6.45, 7) is 0.364. The van der Waals surface area contributed by atoms with E-state index in [9.17, 15) is 4.79 Å². The van der Waals surface area contributed by atoms with Crippen LogP contribution in [0.2, 0.25) is 0 Å². The number of aliphatic hydroxyl groups is 1. The van der Waals surface area contributed by atoms with Gasteiger partial charge in [-0.1, -0.05) is 26.2 Å². The number of carbonyl (C=O) groups is 1. The summed E-state index contributed by atoms with van der Waals surface area (Å²) >= 11 is 9.53. The van der Waals surface area contributed by atoms with Crippen LogP contribution in [0.3, 0.4) is 0 Å². The SMILES string of the molecule is C.C#C.ClCCl.O=CC1CC(NP)C1.OCC1CC(NP)C1. The second-order valence-corrected chi connectivity index (χ2v) is 6.19. The number of alkyl halides is 2. The molecule has 4 nitrogen and oxygen atoms in total. The molecule has 2 aliphatic rings. The molecular weight excluding hydrogens is 361 g/mol. The number of nitrogens with one attached hydrogen (secondary N) is 2. The Balaban J connectivity index is -0.000000247. The highest BCUT2D eigenvalue weighted by Crippen LogP contribution is 2.27. The number of hydrogen-bond donors (Lipinski definition) is 3. The monoisotopic (exact) mass is 390 g/mol. The Hall–Kier alpha value is 0.550. The Bertz CT molecular complexity index is 254. The molecule has 0 aliphatic heterocycles. The fraction of sp³-hybridized carbons (Fsp3) is 0.786. The van der Waals surface area contributed by atoms with Gasteiger partial charge in [-0.15, -0.1) is 36.0 Å². The maximum absolute atomic E-state index is 10.0. The smallest absolute Gasteiger partial charge is 0.123 e. The van der Waals surface area contributed by atoms with Crippen LogP contribution in [0.25, 0.3) is 0 Å². The number of aliphatic hydroxyl groups excluding tert-OH is 1. The van der Waals surface area contributed by atoms with Crippen molar-refractivity contribution in [1.82, 2.24) is 10.2 Å². The van der Waals surface area contributed by atoms with E-state index in [1.165, 1.54) is 0 Å². The number of halogens is 2. The fourth-order valence-corrected chi connectivity index (χ4v) is 2.47. The molecule has 2 saturated carbocycles. The van der Waals surface area contributed by atoms with Crippen molar-refractivity contribution in [3.63, 3.8) is 0 Å². The second kappa shape index (κ2) is 19.6. The number of carbonyl (C=O) groups excluding carboxylic acids is 1. The van der Waals surface area contributed by atoms with Crippen LogP contribution in [0, 0.1) is 24.7 Å². The van der Waals surface area contributed by atoms with Crippen molar-refractivity contribution in [2.75, 3.05) is 11.9 Å². The third-order valence-corrected chi connectivity index (χ3v) is 4.28.